The molecule has 2 unspecified atom stereocenters. The van der Waals surface area contributed by atoms with Gasteiger partial charge in [0.1, 0.15) is 0 Å². The van der Waals surface area contributed by atoms with E-state index in [1.165, 1.54) is 0 Å². The van der Waals surface area contributed by atoms with Gasteiger partial charge in [0, 0.05) is 24.1 Å². The smallest absolute Gasteiger partial charge is 0.251 e. The van der Waals surface area contributed by atoms with E-state index in [-0.39, 0.29) is 11.9 Å². The Morgan fingerprint density at radius 2 is 2.44 bits per heavy atom. The van der Waals surface area contributed by atoms with Crippen molar-refractivity contribution in [3.8, 4) is 6.07 Å². The third kappa shape index (κ3) is 2.88. The second-order valence-corrected chi connectivity index (χ2v) is 4.58. The molecule has 0 saturated carbocycles. The van der Waals surface area contributed by atoms with Gasteiger partial charge in [-0.3, -0.25) is 4.79 Å². The molecule has 1 amide bonds. The summed E-state index contributed by atoms with van der Waals surface area (Å²) >= 11 is 0. The normalized spacial score (nSPS) is 20.1. The molecule has 1 aliphatic rings. The lowest BCUT2D eigenvalue weighted by Crippen LogP contribution is -2.38. The topological polar surface area (TPSA) is 62.1 Å². The number of rotatable bonds is 3. The summed E-state index contributed by atoms with van der Waals surface area (Å²) in [5.41, 5.74) is 1.03. The van der Waals surface area contributed by atoms with E-state index in [4.69, 9.17) is 10.00 Å². The van der Waals surface area contributed by atoms with E-state index in [1.807, 2.05) is 13.0 Å². The largest absolute Gasteiger partial charge is 0.381 e. The van der Waals surface area contributed by atoms with Gasteiger partial charge in [-0.1, -0.05) is 6.07 Å². The van der Waals surface area contributed by atoms with Crippen LogP contribution in [0, 0.1) is 17.2 Å². The van der Waals surface area contributed by atoms with E-state index >= 15 is 0 Å². The number of ether oxygens (including phenoxy) is 1. The minimum atomic E-state index is -0.133. The van der Waals surface area contributed by atoms with E-state index in [0.717, 1.165) is 13.0 Å². The van der Waals surface area contributed by atoms with Crippen molar-refractivity contribution >= 4 is 5.91 Å². The number of benzene rings is 1. The highest BCUT2D eigenvalue weighted by molar-refractivity contribution is 5.94. The molecule has 18 heavy (non-hydrogen) atoms. The van der Waals surface area contributed by atoms with Crippen LogP contribution < -0.4 is 5.32 Å². The Morgan fingerprint density at radius 3 is 3.11 bits per heavy atom. The average molecular weight is 244 g/mol. The summed E-state index contributed by atoms with van der Waals surface area (Å²) in [6.45, 7) is 3.47. The van der Waals surface area contributed by atoms with Gasteiger partial charge >= 0.3 is 0 Å². The van der Waals surface area contributed by atoms with Crippen LogP contribution in [0.3, 0.4) is 0 Å². The van der Waals surface area contributed by atoms with Crippen molar-refractivity contribution in [3.63, 3.8) is 0 Å². The predicted octanol–water partition coefficient (Wildman–Crippen LogP) is 1.71. The Labute approximate surface area is 107 Å². The van der Waals surface area contributed by atoms with Crippen LogP contribution in [0.5, 0.6) is 0 Å². The van der Waals surface area contributed by atoms with Crippen LogP contribution in [-0.4, -0.2) is 25.2 Å². The molecule has 0 radical (unpaired) electrons. The SMILES string of the molecule is CC(NC(=O)c1cccc(C#N)c1)C1CCOC1. The van der Waals surface area contributed by atoms with Crippen LogP contribution in [0.2, 0.25) is 0 Å². The van der Waals surface area contributed by atoms with Gasteiger partial charge in [-0.15, -0.1) is 0 Å². The van der Waals surface area contributed by atoms with Gasteiger partial charge in [0.05, 0.1) is 18.2 Å². The number of hydrogen-bond acceptors (Lipinski definition) is 3. The quantitative estimate of drug-likeness (QED) is 0.880. The average Bonchev–Trinajstić information content (AvgIpc) is 2.92. The van der Waals surface area contributed by atoms with Crippen molar-refractivity contribution in [1.82, 2.24) is 5.32 Å². The van der Waals surface area contributed by atoms with Gasteiger partial charge in [-0.2, -0.15) is 5.26 Å². The van der Waals surface area contributed by atoms with E-state index in [0.29, 0.717) is 23.7 Å². The first-order chi connectivity index (χ1) is 8.70. The number of nitrogens with zero attached hydrogens (tertiary/aromatic N) is 1. The summed E-state index contributed by atoms with van der Waals surface area (Å²) in [6, 6.07) is 8.84. The molecule has 0 spiro atoms. The third-order valence-corrected chi connectivity index (χ3v) is 3.28. The van der Waals surface area contributed by atoms with Crippen molar-refractivity contribution in [2.24, 2.45) is 5.92 Å². The molecule has 1 saturated heterocycles. The molecule has 1 N–H and O–H groups in total. The Balaban J connectivity index is 2.00. The number of carbonyl (C=O) groups excluding carboxylic acids is 1. The summed E-state index contributed by atoms with van der Waals surface area (Å²) in [6.07, 6.45) is 0.986. The Kier molecular flexibility index (Phi) is 3.96. The molecule has 1 heterocycles. The monoisotopic (exact) mass is 244 g/mol. The maximum Gasteiger partial charge on any atom is 0.251 e. The van der Waals surface area contributed by atoms with Gasteiger partial charge in [0.25, 0.3) is 5.91 Å². The van der Waals surface area contributed by atoms with E-state index in [9.17, 15) is 4.79 Å². The van der Waals surface area contributed by atoms with Crippen molar-refractivity contribution < 1.29 is 9.53 Å². The molecular weight excluding hydrogens is 228 g/mol. The Morgan fingerprint density at radius 1 is 1.61 bits per heavy atom. The summed E-state index contributed by atoms with van der Waals surface area (Å²) in [5, 5.41) is 11.8. The van der Waals surface area contributed by atoms with Gasteiger partial charge in [-0.25, -0.2) is 0 Å². The number of nitrogens with one attached hydrogen (secondary N) is 1. The van der Waals surface area contributed by atoms with Crippen LogP contribution in [0.25, 0.3) is 0 Å². The molecule has 1 fully saturated rings. The van der Waals surface area contributed by atoms with Crippen molar-refractivity contribution in [2.45, 2.75) is 19.4 Å². The minimum Gasteiger partial charge on any atom is -0.381 e. The van der Waals surface area contributed by atoms with Crippen LogP contribution in [0.4, 0.5) is 0 Å². The molecule has 1 aromatic rings. The fraction of sp³-hybridized carbons (Fsp3) is 0.429. The third-order valence-electron chi connectivity index (χ3n) is 3.28. The summed E-state index contributed by atoms with van der Waals surface area (Å²) in [7, 11) is 0. The first-order valence-electron chi connectivity index (χ1n) is 6.09. The van der Waals surface area contributed by atoms with Crippen molar-refractivity contribution in [3.05, 3.63) is 35.4 Å². The van der Waals surface area contributed by atoms with E-state index in [2.05, 4.69) is 5.32 Å². The van der Waals surface area contributed by atoms with Crippen LogP contribution in [-0.2, 0) is 4.74 Å². The van der Waals surface area contributed by atoms with Crippen molar-refractivity contribution in [1.29, 1.82) is 5.26 Å². The molecule has 1 aromatic carbocycles. The highest BCUT2D eigenvalue weighted by atomic mass is 16.5. The van der Waals surface area contributed by atoms with E-state index in [1.54, 1.807) is 24.3 Å². The zero-order chi connectivity index (χ0) is 13.0. The second kappa shape index (κ2) is 5.65. The van der Waals surface area contributed by atoms with Gasteiger partial charge in [0.15, 0.2) is 0 Å². The first-order valence-corrected chi connectivity index (χ1v) is 6.09. The zero-order valence-corrected chi connectivity index (χ0v) is 10.3. The number of nitriles is 1. The fourth-order valence-corrected chi connectivity index (χ4v) is 2.09. The van der Waals surface area contributed by atoms with Crippen LogP contribution in [0.1, 0.15) is 29.3 Å². The predicted molar refractivity (Wildman–Crippen MR) is 67.0 cm³/mol. The van der Waals surface area contributed by atoms with Crippen LogP contribution >= 0.6 is 0 Å². The molecule has 0 aromatic heterocycles. The lowest BCUT2D eigenvalue weighted by Gasteiger charge is -2.19. The molecule has 1 aliphatic heterocycles. The molecular formula is C14H16N2O2. The summed E-state index contributed by atoms with van der Waals surface area (Å²) in [4.78, 5) is 12.0. The lowest BCUT2D eigenvalue weighted by atomic mass is 10.0. The highest BCUT2D eigenvalue weighted by Crippen LogP contribution is 2.16. The fourth-order valence-electron chi connectivity index (χ4n) is 2.09. The molecule has 0 bridgehead atoms. The van der Waals surface area contributed by atoms with E-state index < -0.39 is 0 Å². The Bertz CT molecular complexity index is 473. The molecule has 4 nitrogen and oxygen atoms in total. The summed E-state index contributed by atoms with van der Waals surface area (Å²) in [5.74, 6) is 0.250. The summed E-state index contributed by atoms with van der Waals surface area (Å²) < 4.78 is 5.31. The number of hydrogen-bond donors (Lipinski definition) is 1. The lowest BCUT2D eigenvalue weighted by molar-refractivity contribution is 0.0922. The minimum absolute atomic E-state index is 0.0886. The molecule has 2 atom stereocenters. The van der Waals surface area contributed by atoms with Gasteiger partial charge in [0.2, 0.25) is 0 Å². The highest BCUT2D eigenvalue weighted by Gasteiger charge is 2.23. The Hall–Kier alpha value is -1.86. The first kappa shape index (κ1) is 12.6. The molecule has 94 valence electrons. The number of carbonyl (C=O) groups is 1. The van der Waals surface area contributed by atoms with Crippen molar-refractivity contribution in [2.75, 3.05) is 13.2 Å². The van der Waals surface area contributed by atoms with Crippen LogP contribution in [0.15, 0.2) is 24.3 Å². The standard InChI is InChI=1S/C14H16N2O2/c1-10(13-5-6-18-9-13)16-14(17)12-4-2-3-11(7-12)8-15/h2-4,7,10,13H,5-6,9H2,1H3,(H,16,17). The van der Waals surface area contributed by atoms with Gasteiger partial charge < -0.3 is 10.1 Å². The van der Waals surface area contributed by atoms with Gasteiger partial charge in [-0.05, 0) is 31.5 Å². The number of amides is 1. The second-order valence-electron chi connectivity index (χ2n) is 4.58. The maximum atomic E-state index is 12.0. The zero-order valence-electron chi connectivity index (χ0n) is 10.3. The maximum absolute atomic E-state index is 12.0. The molecule has 4 heteroatoms. The molecule has 0 aliphatic carbocycles. The molecule has 2 rings (SSSR count).